The van der Waals surface area contributed by atoms with E-state index in [1.807, 2.05) is 36.6 Å². The summed E-state index contributed by atoms with van der Waals surface area (Å²) in [5.41, 5.74) is 2.46. The largest absolute Gasteiger partial charge is 0.294 e. The van der Waals surface area contributed by atoms with Gasteiger partial charge in [-0.2, -0.15) is 0 Å². The van der Waals surface area contributed by atoms with Gasteiger partial charge in [-0.3, -0.25) is 4.79 Å². The lowest BCUT2D eigenvalue weighted by atomic mass is 9.99. The minimum absolute atomic E-state index is 0.0807. The zero-order chi connectivity index (χ0) is 14.1. The predicted molar refractivity (Wildman–Crippen MR) is 81.0 cm³/mol. The highest BCUT2D eigenvalue weighted by molar-refractivity contribution is 7.17. The van der Waals surface area contributed by atoms with Crippen molar-refractivity contribution in [1.82, 2.24) is 0 Å². The van der Waals surface area contributed by atoms with Crippen LogP contribution in [0.5, 0.6) is 0 Å². The second kappa shape index (κ2) is 5.17. The van der Waals surface area contributed by atoms with Crippen LogP contribution in [0.2, 0.25) is 0 Å². The van der Waals surface area contributed by atoms with Gasteiger partial charge < -0.3 is 0 Å². The van der Waals surface area contributed by atoms with Crippen molar-refractivity contribution >= 4 is 27.2 Å². The molecule has 0 spiro atoms. The van der Waals surface area contributed by atoms with Crippen molar-refractivity contribution in [3.05, 3.63) is 70.4 Å². The van der Waals surface area contributed by atoms with Crippen molar-refractivity contribution in [2.45, 2.75) is 13.3 Å². The first kappa shape index (κ1) is 13.0. The maximum Gasteiger partial charge on any atom is 0.168 e. The summed E-state index contributed by atoms with van der Waals surface area (Å²) >= 11 is 1.58. The van der Waals surface area contributed by atoms with Crippen molar-refractivity contribution in [3.63, 3.8) is 0 Å². The summed E-state index contributed by atoms with van der Waals surface area (Å²) < 4.78 is 14.2. The third-order valence-electron chi connectivity index (χ3n) is 3.44. The normalized spacial score (nSPS) is 10.9. The molecule has 0 aliphatic rings. The van der Waals surface area contributed by atoms with Crippen LogP contribution in [-0.2, 0) is 6.42 Å². The van der Waals surface area contributed by atoms with Crippen LogP contribution in [0.1, 0.15) is 21.5 Å². The molecular formula is C17H13FOS. The number of halogens is 1. The summed E-state index contributed by atoms with van der Waals surface area (Å²) in [6, 6.07) is 12.5. The lowest BCUT2D eigenvalue weighted by molar-refractivity contribution is 0.0994. The van der Waals surface area contributed by atoms with E-state index >= 15 is 0 Å². The van der Waals surface area contributed by atoms with E-state index in [-0.39, 0.29) is 11.6 Å². The highest BCUT2D eigenvalue weighted by Gasteiger charge is 2.13. The Labute approximate surface area is 120 Å². The number of rotatable bonds is 3. The van der Waals surface area contributed by atoms with Crippen LogP contribution >= 0.6 is 11.3 Å². The highest BCUT2D eigenvalue weighted by atomic mass is 32.1. The van der Waals surface area contributed by atoms with Crippen LogP contribution in [0.4, 0.5) is 4.39 Å². The molecule has 1 aromatic heterocycles. The molecule has 20 heavy (non-hydrogen) atoms. The minimum Gasteiger partial charge on any atom is -0.294 e. The molecule has 0 atom stereocenters. The fraction of sp³-hybridized carbons (Fsp3) is 0.118. The quantitative estimate of drug-likeness (QED) is 0.633. The average Bonchev–Trinajstić information content (AvgIpc) is 2.86. The van der Waals surface area contributed by atoms with Crippen LogP contribution < -0.4 is 0 Å². The molecule has 0 saturated carbocycles. The van der Waals surface area contributed by atoms with Crippen molar-refractivity contribution in [3.8, 4) is 0 Å². The van der Waals surface area contributed by atoms with Gasteiger partial charge in [-0.15, -0.1) is 11.3 Å². The molecule has 3 heteroatoms. The number of benzene rings is 2. The van der Waals surface area contributed by atoms with Gasteiger partial charge >= 0.3 is 0 Å². The maximum absolute atomic E-state index is 13.1. The molecule has 0 aliphatic carbocycles. The maximum atomic E-state index is 13.1. The van der Waals surface area contributed by atoms with E-state index in [1.165, 1.54) is 12.1 Å². The second-order valence-corrected chi connectivity index (χ2v) is 5.73. The van der Waals surface area contributed by atoms with Gasteiger partial charge in [0.1, 0.15) is 5.82 Å². The van der Waals surface area contributed by atoms with Gasteiger partial charge in [-0.1, -0.05) is 24.3 Å². The topological polar surface area (TPSA) is 17.1 Å². The summed E-state index contributed by atoms with van der Waals surface area (Å²) in [5.74, 6) is -0.183. The Morgan fingerprint density at radius 2 is 2.00 bits per heavy atom. The number of carbonyl (C=O) groups is 1. The standard InChI is InChI=1S/C17H13FOS/c1-11-8-13(18)7-6-12(11)9-16(19)15-10-20-17-5-3-2-4-14(15)17/h2-8,10H,9H2,1H3. The average molecular weight is 284 g/mol. The number of hydrogen-bond donors (Lipinski definition) is 0. The number of thiophene rings is 1. The highest BCUT2D eigenvalue weighted by Crippen LogP contribution is 2.27. The molecule has 0 amide bonds. The molecule has 0 fully saturated rings. The first-order chi connectivity index (χ1) is 9.65. The monoisotopic (exact) mass is 284 g/mol. The van der Waals surface area contributed by atoms with Crippen LogP contribution in [0.15, 0.2) is 47.8 Å². The van der Waals surface area contributed by atoms with Crippen LogP contribution in [0.3, 0.4) is 0 Å². The molecule has 1 nitrogen and oxygen atoms in total. The molecule has 3 rings (SSSR count). The molecule has 0 unspecified atom stereocenters. The third kappa shape index (κ3) is 2.37. The SMILES string of the molecule is Cc1cc(F)ccc1CC(=O)c1csc2ccccc12. The number of aryl methyl sites for hydroxylation is 1. The first-order valence-electron chi connectivity index (χ1n) is 6.39. The molecule has 0 N–H and O–H groups in total. The van der Waals surface area contributed by atoms with Crippen LogP contribution in [-0.4, -0.2) is 5.78 Å². The molecule has 1 heterocycles. The lowest BCUT2D eigenvalue weighted by Gasteiger charge is -2.05. The van der Waals surface area contributed by atoms with Crippen LogP contribution in [0.25, 0.3) is 10.1 Å². The fourth-order valence-electron chi connectivity index (χ4n) is 2.32. The van der Waals surface area contributed by atoms with Crippen molar-refractivity contribution in [1.29, 1.82) is 0 Å². The fourth-order valence-corrected chi connectivity index (χ4v) is 3.28. The zero-order valence-electron chi connectivity index (χ0n) is 11.0. The van der Waals surface area contributed by atoms with E-state index in [0.717, 1.165) is 26.8 Å². The minimum atomic E-state index is -0.264. The predicted octanol–water partition coefficient (Wildman–Crippen LogP) is 4.77. The number of Topliss-reactive ketones (excluding diaryl/α,β-unsaturated/α-hetero) is 1. The summed E-state index contributed by atoms with van der Waals surface area (Å²) in [4.78, 5) is 12.4. The lowest BCUT2D eigenvalue weighted by Crippen LogP contribution is -2.04. The molecule has 2 aromatic carbocycles. The summed E-state index contributed by atoms with van der Waals surface area (Å²) in [5, 5.41) is 2.91. The van der Waals surface area contributed by atoms with E-state index < -0.39 is 0 Å². The second-order valence-electron chi connectivity index (χ2n) is 4.82. The van der Waals surface area contributed by atoms with E-state index in [2.05, 4.69) is 0 Å². The molecule has 0 saturated heterocycles. The summed E-state index contributed by atoms with van der Waals surface area (Å²) in [6.45, 7) is 1.83. The molecule has 0 radical (unpaired) electrons. The Hall–Kier alpha value is -2.00. The Morgan fingerprint density at radius 3 is 2.80 bits per heavy atom. The third-order valence-corrected chi connectivity index (χ3v) is 4.40. The Kier molecular flexibility index (Phi) is 3.36. The van der Waals surface area contributed by atoms with Gasteiger partial charge in [0.15, 0.2) is 5.78 Å². The first-order valence-corrected chi connectivity index (χ1v) is 7.27. The molecule has 3 aromatic rings. The van der Waals surface area contributed by atoms with Gasteiger partial charge in [0.05, 0.1) is 0 Å². The van der Waals surface area contributed by atoms with Crippen molar-refractivity contribution < 1.29 is 9.18 Å². The number of hydrogen-bond acceptors (Lipinski definition) is 2. The smallest absolute Gasteiger partial charge is 0.168 e. The van der Waals surface area contributed by atoms with Gasteiger partial charge in [0.25, 0.3) is 0 Å². The molecular weight excluding hydrogens is 271 g/mol. The van der Waals surface area contributed by atoms with E-state index in [0.29, 0.717) is 6.42 Å². The summed E-state index contributed by atoms with van der Waals surface area (Å²) in [7, 11) is 0. The van der Waals surface area contributed by atoms with Gasteiger partial charge in [-0.25, -0.2) is 4.39 Å². The van der Waals surface area contributed by atoms with Gasteiger partial charge in [0, 0.05) is 27.5 Å². The van der Waals surface area contributed by atoms with E-state index in [9.17, 15) is 9.18 Å². The number of fused-ring (bicyclic) bond motifs is 1. The molecule has 0 bridgehead atoms. The van der Waals surface area contributed by atoms with Crippen molar-refractivity contribution in [2.24, 2.45) is 0 Å². The summed E-state index contributed by atoms with van der Waals surface area (Å²) in [6.07, 6.45) is 0.312. The Bertz CT molecular complexity index is 789. The Morgan fingerprint density at radius 1 is 1.20 bits per heavy atom. The molecule has 0 aliphatic heterocycles. The van der Waals surface area contributed by atoms with Crippen molar-refractivity contribution in [2.75, 3.05) is 0 Å². The molecule has 100 valence electrons. The van der Waals surface area contributed by atoms with E-state index in [4.69, 9.17) is 0 Å². The van der Waals surface area contributed by atoms with Gasteiger partial charge in [-0.05, 0) is 36.2 Å². The number of ketones is 1. The number of carbonyl (C=O) groups excluding carboxylic acids is 1. The Balaban J connectivity index is 1.93. The van der Waals surface area contributed by atoms with Crippen LogP contribution in [0, 0.1) is 12.7 Å². The van der Waals surface area contributed by atoms with Gasteiger partial charge in [0.2, 0.25) is 0 Å². The zero-order valence-corrected chi connectivity index (χ0v) is 11.8. The van der Waals surface area contributed by atoms with E-state index in [1.54, 1.807) is 17.4 Å².